The summed E-state index contributed by atoms with van der Waals surface area (Å²) in [6, 6.07) is -0.170. The lowest BCUT2D eigenvalue weighted by molar-refractivity contribution is 0.228. The Morgan fingerprint density at radius 3 is 2.62 bits per heavy atom. The van der Waals surface area contributed by atoms with Gasteiger partial charge in [0.25, 0.3) is 0 Å². The summed E-state index contributed by atoms with van der Waals surface area (Å²) in [6.45, 7) is 0.610. The van der Waals surface area contributed by atoms with Crippen molar-refractivity contribution in [2.24, 2.45) is 4.99 Å². The van der Waals surface area contributed by atoms with Crippen LogP contribution >= 0.6 is 15.9 Å². The molecule has 0 aromatic heterocycles. The molecule has 4 heteroatoms. The zero-order chi connectivity index (χ0) is 6.15. The number of aliphatic imine (C=N–C) groups is 1. The molecule has 1 aliphatic heterocycles. The number of amides is 2. The summed E-state index contributed by atoms with van der Waals surface area (Å²) >= 11 is 3.11. The van der Waals surface area contributed by atoms with Gasteiger partial charge in [0.1, 0.15) is 4.62 Å². The third kappa shape index (κ3) is 0.888. The van der Waals surface area contributed by atoms with E-state index in [0.29, 0.717) is 11.2 Å². The summed E-state index contributed by atoms with van der Waals surface area (Å²) in [5.74, 6) is 0. The van der Waals surface area contributed by atoms with Crippen molar-refractivity contribution in [3.63, 3.8) is 0 Å². The first-order valence-corrected chi connectivity index (χ1v) is 2.97. The summed E-state index contributed by atoms with van der Waals surface area (Å²) in [7, 11) is 1.71. The summed E-state index contributed by atoms with van der Waals surface area (Å²) < 4.78 is 0.713. The number of urea groups is 1. The molecule has 0 N–H and O–H groups in total. The number of hydrogen-bond donors (Lipinski definition) is 0. The first-order chi connectivity index (χ1) is 3.70. The molecule has 0 unspecified atom stereocenters. The fourth-order valence-electron chi connectivity index (χ4n) is 0.488. The average Bonchev–Trinajstić information content (AvgIpc) is 1.85. The summed E-state index contributed by atoms with van der Waals surface area (Å²) in [5, 5.41) is 0. The van der Waals surface area contributed by atoms with Crippen LogP contribution in [0, 0.1) is 0 Å². The lowest BCUT2D eigenvalue weighted by Crippen LogP contribution is -2.19. The molecule has 0 saturated heterocycles. The van der Waals surface area contributed by atoms with Crippen LogP contribution in [-0.4, -0.2) is 29.1 Å². The Hall–Kier alpha value is -0.380. The van der Waals surface area contributed by atoms with E-state index in [9.17, 15) is 4.79 Å². The second kappa shape index (κ2) is 1.85. The van der Waals surface area contributed by atoms with Crippen LogP contribution in [0.5, 0.6) is 0 Å². The zero-order valence-electron chi connectivity index (χ0n) is 4.39. The molecule has 3 nitrogen and oxygen atoms in total. The van der Waals surface area contributed by atoms with Gasteiger partial charge in [0.15, 0.2) is 0 Å². The molecule has 0 aromatic rings. The van der Waals surface area contributed by atoms with Crippen molar-refractivity contribution in [2.75, 3.05) is 13.6 Å². The largest absolute Gasteiger partial charge is 0.344 e. The predicted octanol–water partition coefficient (Wildman–Crippen LogP) is 0.845. The summed E-state index contributed by atoms with van der Waals surface area (Å²) in [5.41, 5.74) is 0. The van der Waals surface area contributed by atoms with Crippen LogP contribution in [0.1, 0.15) is 0 Å². The third-order valence-electron chi connectivity index (χ3n) is 0.911. The van der Waals surface area contributed by atoms with E-state index in [-0.39, 0.29) is 6.03 Å². The molecule has 0 atom stereocenters. The van der Waals surface area contributed by atoms with Crippen molar-refractivity contribution in [1.29, 1.82) is 0 Å². The molecular formula is C4H5BrN2O. The molecule has 0 fully saturated rings. The van der Waals surface area contributed by atoms with Gasteiger partial charge in [-0.15, -0.1) is 0 Å². The highest BCUT2D eigenvalue weighted by Gasteiger charge is 2.16. The van der Waals surface area contributed by atoms with Crippen molar-refractivity contribution in [3.8, 4) is 0 Å². The van der Waals surface area contributed by atoms with Crippen LogP contribution in [-0.2, 0) is 0 Å². The van der Waals surface area contributed by atoms with E-state index in [1.165, 1.54) is 4.90 Å². The molecule has 0 aromatic carbocycles. The Morgan fingerprint density at radius 2 is 2.50 bits per heavy atom. The third-order valence-corrected chi connectivity index (χ3v) is 1.34. The van der Waals surface area contributed by atoms with Crippen LogP contribution in [0.25, 0.3) is 0 Å². The number of carbonyl (C=O) groups excluding carboxylic acids is 1. The molecule has 1 heterocycles. The molecule has 44 valence electrons. The maximum atomic E-state index is 10.5. The van der Waals surface area contributed by atoms with E-state index >= 15 is 0 Å². The maximum Gasteiger partial charge on any atom is 0.344 e. The maximum absolute atomic E-state index is 10.5. The highest BCUT2D eigenvalue weighted by Crippen LogP contribution is 2.04. The van der Waals surface area contributed by atoms with Crippen LogP contribution in [0.15, 0.2) is 4.99 Å². The minimum atomic E-state index is -0.170. The van der Waals surface area contributed by atoms with E-state index < -0.39 is 0 Å². The van der Waals surface area contributed by atoms with Gasteiger partial charge in [0.2, 0.25) is 0 Å². The van der Waals surface area contributed by atoms with Gasteiger partial charge in [0, 0.05) is 7.05 Å². The SMILES string of the molecule is CN1CC(Br)=NC1=O. The highest BCUT2D eigenvalue weighted by molar-refractivity contribution is 9.18. The van der Waals surface area contributed by atoms with Crippen molar-refractivity contribution in [1.82, 2.24) is 4.90 Å². The minimum absolute atomic E-state index is 0.170. The number of hydrogen-bond acceptors (Lipinski definition) is 1. The Balaban J connectivity index is 2.70. The minimum Gasteiger partial charge on any atom is -0.319 e. The monoisotopic (exact) mass is 176 g/mol. The highest BCUT2D eigenvalue weighted by atomic mass is 79.9. The van der Waals surface area contributed by atoms with Crippen molar-refractivity contribution in [2.45, 2.75) is 0 Å². The van der Waals surface area contributed by atoms with Crippen molar-refractivity contribution >= 4 is 26.6 Å². The second-order valence-corrected chi connectivity index (χ2v) is 2.54. The lowest BCUT2D eigenvalue weighted by atomic mass is 10.7. The summed E-state index contributed by atoms with van der Waals surface area (Å²) in [4.78, 5) is 15.6. The molecule has 2 amide bonds. The van der Waals surface area contributed by atoms with Gasteiger partial charge in [-0.1, -0.05) is 0 Å². The molecule has 0 radical (unpaired) electrons. The van der Waals surface area contributed by atoms with Gasteiger partial charge in [-0.05, 0) is 15.9 Å². The second-order valence-electron chi connectivity index (χ2n) is 1.63. The van der Waals surface area contributed by atoms with Gasteiger partial charge < -0.3 is 4.90 Å². The van der Waals surface area contributed by atoms with E-state index in [1.54, 1.807) is 7.05 Å². The molecule has 0 spiro atoms. The Kier molecular flexibility index (Phi) is 1.33. The zero-order valence-corrected chi connectivity index (χ0v) is 5.97. The Morgan fingerprint density at radius 1 is 1.88 bits per heavy atom. The van der Waals surface area contributed by atoms with Crippen molar-refractivity contribution < 1.29 is 4.79 Å². The van der Waals surface area contributed by atoms with E-state index in [2.05, 4.69) is 20.9 Å². The van der Waals surface area contributed by atoms with Crippen LogP contribution in [0.4, 0.5) is 4.79 Å². The van der Waals surface area contributed by atoms with E-state index in [0.717, 1.165) is 0 Å². The molecule has 0 saturated carbocycles. The summed E-state index contributed by atoms with van der Waals surface area (Å²) in [6.07, 6.45) is 0. The van der Waals surface area contributed by atoms with E-state index in [4.69, 9.17) is 0 Å². The lowest BCUT2D eigenvalue weighted by Gasteiger charge is -2.01. The van der Waals surface area contributed by atoms with Crippen LogP contribution < -0.4 is 0 Å². The quantitative estimate of drug-likeness (QED) is 0.539. The Labute approximate surface area is 55.5 Å². The predicted molar refractivity (Wildman–Crippen MR) is 34.4 cm³/mol. The number of carbonyl (C=O) groups is 1. The molecule has 1 aliphatic rings. The number of nitrogens with zero attached hydrogens (tertiary/aromatic N) is 2. The first-order valence-electron chi connectivity index (χ1n) is 2.18. The number of rotatable bonds is 0. The fourth-order valence-corrected chi connectivity index (χ4v) is 1.02. The van der Waals surface area contributed by atoms with Crippen LogP contribution in [0.2, 0.25) is 0 Å². The normalized spacial score (nSPS) is 19.5. The van der Waals surface area contributed by atoms with E-state index in [1.807, 2.05) is 0 Å². The number of halogens is 1. The van der Waals surface area contributed by atoms with Gasteiger partial charge in [-0.25, -0.2) is 4.79 Å². The van der Waals surface area contributed by atoms with Gasteiger partial charge in [-0.3, -0.25) is 0 Å². The molecule has 0 aliphatic carbocycles. The van der Waals surface area contributed by atoms with Crippen LogP contribution in [0.3, 0.4) is 0 Å². The molecule has 1 rings (SSSR count). The molecular weight excluding hydrogens is 172 g/mol. The Bertz CT molecular complexity index is 154. The first kappa shape index (κ1) is 5.75. The van der Waals surface area contributed by atoms with Crippen molar-refractivity contribution in [3.05, 3.63) is 0 Å². The molecule has 8 heavy (non-hydrogen) atoms. The fraction of sp³-hybridized carbons (Fsp3) is 0.500. The smallest absolute Gasteiger partial charge is 0.319 e. The van der Waals surface area contributed by atoms with Gasteiger partial charge in [-0.2, -0.15) is 4.99 Å². The topological polar surface area (TPSA) is 32.7 Å². The van der Waals surface area contributed by atoms with Gasteiger partial charge in [0.05, 0.1) is 6.54 Å². The van der Waals surface area contributed by atoms with Gasteiger partial charge >= 0.3 is 6.03 Å². The standard InChI is InChI=1S/C4H5BrN2O/c1-7-2-3(5)6-4(7)8/h2H2,1H3. The molecule has 0 bridgehead atoms. The average molecular weight is 177 g/mol.